The summed E-state index contributed by atoms with van der Waals surface area (Å²) in [6.45, 7) is 0.559. The number of halogens is 3. The van der Waals surface area contributed by atoms with E-state index in [0.717, 1.165) is 37.3 Å². The van der Waals surface area contributed by atoms with Crippen molar-refractivity contribution >= 4 is 0 Å². The molecule has 4 heteroatoms. The van der Waals surface area contributed by atoms with Gasteiger partial charge in [0, 0.05) is 0 Å². The SMILES string of the molecule is NCC1(Cc2cccc(C(F)(F)F)c2)CCCC1. The third-order valence-electron chi connectivity index (χ3n) is 3.93. The molecule has 1 aromatic rings. The molecule has 0 amide bonds. The molecule has 2 rings (SSSR count). The van der Waals surface area contributed by atoms with Crippen LogP contribution in [0.1, 0.15) is 36.8 Å². The standard InChI is InChI=1S/C14H18F3N/c15-14(16,17)12-5-3-4-11(8-12)9-13(10-18)6-1-2-7-13/h3-5,8H,1-2,6-7,9-10,18H2. The van der Waals surface area contributed by atoms with Gasteiger partial charge in [-0.2, -0.15) is 13.2 Å². The molecule has 0 spiro atoms. The first-order valence-corrected chi connectivity index (χ1v) is 6.31. The van der Waals surface area contributed by atoms with Gasteiger partial charge < -0.3 is 5.73 Å². The summed E-state index contributed by atoms with van der Waals surface area (Å²) >= 11 is 0. The van der Waals surface area contributed by atoms with Crippen LogP contribution in [0.2, 0.25) is 0 Å². The molecule has 0 unspecified atom stereocenters. The Morgan fingerprint density at radius 2 is 1.83 bits per heavy atom. The lowest BCUT2D eigenvalue weighted by atomic mass is 9.80. The highest BCUT2D eigenvalue weighted by molar-refractivity contribution is 5.26. The quantitative estimate of drug-likeness (QED) is 0.876. The van der Waals surface area contributed by atoms with Crippen LogP contribution >= 0.6 is 0 Å². The fraction of sp³-hybridized carbons (Fsp3) is 0.571. The van der Waals surface area contributed by atoms with E-state index < -0.39 is 11.7 Å². The summed E-state index contributed by atoms with van der Waals surface area (Å²) in [5, 5.41) is 0. The van der Waals surface area contributed by atoms with Crippen LogP contribution in [0.5, 0.6) is 0 Å². The minimum absolute atomic E-state index is 0.0181. The Kier molecular flexibility index (Phi) is 3.66. The summed E-state index contributed by atoms with van der Waals surface area (Å²) in [7, 11) is 0. The van der Waals surface area contributed by atoms with Crippen molar-refractivity contribution in [2.45, 2.75) is 38.3 Å². The number of rotatable bonds is 3. The molecule has 0 saturated heterocycles. The van der Waals surface area contributed by atoms with Gasteiger partial charge in [-0.15, -0.1) is 0 Å². The second-order valence-corrected chi connectivity index (χ2v) is 5.29. The Morgan fingerprint density at radius 3 is 2.39 bits per heavy atom. The predicted molar refractivity (Wildman–Crippen MR) is 65.1 cm³/mol. The van der Waals surface area contributed by atoms with Crippen molar-refractivity contribution in [1.82, 2.24) is 0 Å². The Balaban J connectivity index is 2.19. The third kappa shape index (κ3) is 2.86. The molecule has 100 valence electrons. The van der Waals surface area contributed by atoms with Crippen LogP contribution in [-0.4, -0.2) is 6.54 Å². The van der Waals surface area contributed by atoms with E-state index in [9.17, 15) is 13.2 Å². The van der Waals surface area contributed by atoms with E-state index in [1.807, 2.05) is 0 Å². The van der Waals surface area contributed by atoms with Crippen LogP contribution in [0.4, 0.5) is 13.2 Å². The van der Waals surface area contributed by atoms with Gasteiger partial charge in [-0.1, -0.05) is 31.0 Å². The Labute approximate surface area is 105 Å². The van der Waals surface area contributed by atoms with Crippen molar-refractivity contribution in [3.05, 3.63) is 35.4 Å². The van der Waals surface area contributed by atoms with Crippen LogP contribution in [-0.2, 0) is 12.6 Å². The summed E-state index contributed by atoms with van der Waals surface area (Å²) < 4.78 is 37.9. The highest BCUT2D eigenvalue weighted by atomic mass is 19.4. The van der Waals surface area contributed by atoms with Crippen molar-refractivity contribution < 1.29 is 13.2 Å². The molecule has 1 aliphatic rings. The maximum Gasteiger partial charge on any atom is 0.416 e. The van der Waals surface area contributed by atoms with Crippen LogP contribution in [0.25, 0.3) is 0 Å². The van der Waals surface area contributed by atoms with Gasteiger partial charge in [-0.25, -0.2) is 0 Å². The number of benzene rings is 1. The van der Waals surface area contributed by atoms with E-state index in [-0.39, 0.29) is 5.41 Å². The van der Waals surface area contributed by atoms with Gasteiger partial charge in [0.15, 0.2) is 0 Å². The highest BCUT2D eigenvalue weighted by Crippen LogP contribution is 2.40. The monoisotopic (exact) mass is 257 g/mol. The van der Waals surface area contributed by atoms with Crippen LogP contribution < -0.4 is 5.73 Å². The molecule has 0 bridgehead atoms. The molecule has 0 radical (unpaired) electrons. The average Bonchev–Trinajstić information content (AvgIpc) is 2.77. The van der Waals surface area contributed by atoms with Crippen LogP contribution in [0.3, 0.4) is 0 Å². The summed E-state index contributed by atoms with van der Waals surface area (Å²) in [6, 6.07) is 5.63. The number of hydrogen-bond donors (Lipinski definition) is 1. The molecule has 1 fully saturated rings. The van der Waals surface area contributed by atoms with Gasteiger partial charge in [-0.05, 0) is 42.9 Å². The average molecular weight is 257 g/mol. The summed E-state index contributed by atoms with van der Waals surface area (Å²) in [5.74, 6) is 0. The van der Waals surface area contributed by atoms with Crippen molar-refractivity contribution in [3.63, 3.8) is 0 Å². The van der Waals surface area contributed by atoms with Gasteiger partial charge >= 0.3 is 6.18 Å². The first-order chi connectivity index (χ1) is 8.45. The minimum atomic E-state index is -4.26. The van der Waals surface area contributed by atoms with E-state index >= 15 is 0 Å². The smallest absolute Gasteiger partial charge is 0.330 e. The summed E-state index contributed by atoms with van der Waals surface area (Å²) in [6.07, 6.45) is 0.723. The predicted octanol–water partition coefficient (Wildman–Crippen LogP) is 3.77. The molecule has 1 nitrogen and oxygen atoms in total. The molecule has 1 saturated carbocycles. The van der Waals surface area contributed by atoms with E-state index in [4.69, 9.17) is 5.73 Å². The zero-order valence-corrected chi connectivity index (χ0v) is 10.3. The van der Waals surface area contributed by atoms with E-state index in [1.54, 1.807) is 6.07 Å². The molecular weight excluding hydrogens is 239 g/mol. The fourth-order valence-corrected chi connectivity index (χ4v) is 2.87. The van der Waals surface area contributed by atoms with Gasteiger partial charge in [-0.3, -0.25) is 0 Å². The lowest BCUT2D eigenvalue weighted by Crippen LogP contribution is -2.29. The second kappa shape index (κ2) is 4.92. The van der Waals surface area contributed by atoms with Gasteiger partial charge in [0.2, 0.25) is 0 Å². The summed E-state index contributed by atoms with van der Waals surface area (Å²) in [4.78, 5) is 0. The third-order valence-corrected chi connectivity index (χ3v) is 3.93. The fourth-order valence-electron chi connectivity index (χ4n) is 2.87. The Bertz CT molecular complexity index is 406. The van der Waals surface area contributed by atoms with Gasteiger partial charge in [0.05, 0.1) is 5.56 Å². The molecule has 0 aromatic heterocycles. The van der Waals surface area contributed by atoms with Crippen molar-refractivity contribution in [2.24, 2.45) is 11.1 Å². The zero-order valence-electron chi connectivity index (χ0n) is 10.3. The van der Waals surface area contributed by atoms with E-state index in [0.29, 0.717) is 13.0 Å². The lowest BCUT2D eigenvalue weighted by Gasteiger charge is -2.27. The molecule has 18 heavy (non-hydrogen) atoms. The second-order valence-electron chi connectivity index (χ2n) is 5.29. The topological polar surface area (TPSA) is 26.0 Å². The first-order valence-electron chi connectivity index (χ1n) is 6.31. The molecule has 0 atom stereocenters. The maximum atomic E-state index is 12.6. The Hall–Kier alpha value is -1.03. The molecule has 0 heterocycles. The van der Waals surface area contributed by atoms with Crippen molar-refractivity contribution in [2.75, 3.05) is 6.54 Å². The number of alkyl halides is 3. The minimum Gasteiger partial charge on any atom is -0.330 e. The molecule has 1 aromatic carbocycles. The molecule has 2 N–H and O–H groups in total. The zero-order chi connectivity index (χ0) is 13.2. The van der Waals surface area contributed by atoms with Gasteiger partial charge in [0.1, 0.15) is 0 Å². The van der Waals surface area contributed by atoms with Gasteiger partial charge in [0.25, 0.3) is 0 Å². The largest absolute Gasteiger partial charge is 0.416 e. The molecule has 0 aliphatic heterocycles. The van der Waals surface area contributed by atoms with Crippen molar-refractivity contribution in [1.29, 1.82) is 0 Å². The number of nitrogens with two attached hydrogens (primary N) is 1. The maximum absolute atomic E-state index is 12.6. The van der Waals surface area contributed by atoms with E-state index in [1.165, 1.54) is 12.1 Å². The lowest BCUT2D eigenvalue weighted by molar-refractivity contribution is -0.137. The molecule has 1 aliphatic carbocycles. The Morgan fingerprint density at radius 1 is 1.17 bits per heavy atom. The van der Waals surface area contributed by atoms with Crippen LogP contribution in [0, 0.1) is 5.41 Å². The van der Waals surface area contributed by atoms with Crippen LogP contribution in [0.15, 0.2) is 24.3 Å². The number of hydrogen-bond acceptors (Lipinski definition) is 1. The first kappa shape index (κ1) is 13.4. The summed E-state index contributed by atoms with van der Waals surface area (Å²) in [5.41, 5.74) is 6.02. The molecular formula is C14H18F3N. The van der Waals surface area contributed by atoms with Crippen molar-refractivity contribution in [3.8, 4) is 0 Å². The highest BCUT2D eigenvalue weighted by Gasteiger charge is 2.34. The van der Waals surface area contributed by atoms with E-state index in [2.05, 4.69) is 0 Å². The normalized spacial score (nSPS) is 19.1.